The van der Waals surface area contributed by atoms with Crippen LogP contribution in [0.15, 0.2) is 85.1 Å². The first kappa shape index (κ1) is 27.4. The number of carbonyl (C=O) groups is 1. The van der Waals surface area contributed by atoms with Crippen molar-refractivity contribution in [1.29, 1.82) is 0 Å². The van der Waals surface area contributed by atoms with Gasteiger partial charge < -0.3 is 14.9 Å². The maximum Gasteiger partial charge on any atom is 0.308 e. The SMILES string of the molecule is COc1ccc2nccc([C@@H](O)CC[C@@H]3CCN(C4CC(c5ccc(-c6ccccc6)cc5)C4)C[C@@H]3C(=O)O)c2c1. The van der Waals surface area contributed by atoms with Gasteiger partial charge in [0.1, 0.15) is 5.75 Å². The first-order chi connectivity index (χ1) is 20.0. The van der Waals surface area contributed by atoms with E-state index in [0.29, 0.717) is 31.3 Å². The molecule has 1 saturated carbocycles. The molecule has 2 N–H and O–H groups in total. The monoisotopic (exact) mass is 550 g/mol. The van der Waals surface area contributed by atoms with Crippen LogP contribution < -0.4 is 4.74 Å². The van der Waals surface area contributed by atoms with Crippen LogP contribution in [0.4, 0.5) is 0 Å². The second-order valence-electron chi connectivity index (χ2n) is 11.7. The zero-order valence-electron chi connectivity index (χ0n) is 23.5. The largest absolute Gasteiger partial charge is 0.497 e. The summed E-state index contributed by atoms with van der Waals surface area (Å²) in [7, 11) is 1.62. The fourth-order valence-electron chi connectivity index (χ4n) is 6.81. The van der Waals surface area contributed by atoms with Gasteiger partial charge in [-0.3, -0.25) is 14.7 Å². The van der Waals surface area contributed by atoms with Gasteiger partial charge in [0.05, 0.1) is 24.6 Å². The van der Waals surface area contributed by atoms with Gasteiger partial charge in [0.2, 0.25) is 0 Å². The van der Waals surface area contributed by atoms with E-state index < -0.39 is 18.0 Å². The lowest BCUT2D eigenvalue weighted by Gasteiger charge is -2.47. The molecule has 0 amide bonds. The predicted octanol–water partition coefficient (Wildman–Crippen LogP) is 6.69. The molecule has 2 aliphatic rings. The lowest BCUT2D eigenvalue weighted by atomic mass is 9.73. The highest BCUT2D eigenvalue weighted by molar-refractivity contribution is 5.83. The zero-order valence-corrected chi connectivity index (χ0v) is 23.5. The summed E-state index contributed by atoms with van der Waals surface area (Å²) >= 11 is 0. The first-order valence-electron chi connectivity index (χ1n) is 14.7. The number of fused-ring (bicyclic) bond motifs is 1. The van der Waals surface area contributed by atoms with Gasteiger partial charge in [-0.25, -0.2) is 0 Å². The van der Waals surface area contributed by atoms with Crippen LogP contribution in [0.25, 0.3) is 22.0 Å². The van der Waals surface area contributed by atoms with E-state index in [1.165, 1.54) is 16.7 Å². The number of pyridine rings is 1. The van der Waals surface area contributed by atoms with Gasteiger partial charge in [0.15, 0.2) is 0 Å². The summed E-state index contributed by atoms with van der Waals surface area (Å²) in [5, 5.41) is 22.1. The van der Waals surface area contributed by atoms with Gasteiger partial charge in [-0.1, -0.05) is 54.6 Å². The maximum absolute atomic E-state index is 12.3. The summed E-state index contributed by atoms with van der Waals surface area (Å²) in [4.78, 5) is 19.1. The predicted molar refractivity (Wildman–Crippen MR) is 161 cm³/mol. The number of aliphatic carboxylic acids is 1. The molecule has 6 heteroatoms. The van der Waals surface area contributed by atoms with E-state index in [1.807, 2.05) is 30.3 Å². The maximum atomic E-state index is 12.3. The van der Waals surface area contributed by atoms with Crippen molar-refractivity contribution in [3.8, 4) is 16.9 Å². The Morgan fingerprint density at radius 3 is 2.51 bits per heavy atom. The topological polar surface area (TPSA) is 82.9 Å². The van der Waals surface area contributed by atoms with Gasteiger partial charge in [0, 0.05) is 24.2 Å². The molecule has 1 aliphatic heterocycles. The van der Waals surface area contributed by atoms with Crippen molar-refractivity contribution in [3.63, 3.8) is 0 Å². The Morgan fingerprint density at radius 2 is 1.78 bits per heavy atom. The fourth-order valence-corrected chi connectivity index (χ4v) is 6.81. The van der Waals surface area contributed by atoms with E-state index in [0.717, 1.165) is 48.0 Å². The number of carboxylic acids is 1. The second-order valence-corrected chi connectivity index (χ2v) is 11.7. The molecule has 2 heterocycles. The van der Waals surface area contributed by atoms with Crippen LogP contribution in [0.5, 0.6) is 5.75 Å². The third-order valence-corrected chi connectivity index (χ3v) is 9.38. The molecule has 1 aromatic heterocycles. The Kier molecular flexibility index (Phi) is 8.04. The molecular weight excluding hydrogens is 512 g/mol. The van der Waals surface area contributed by atoms with Crippen LogP contribution >= 0.6 is 0 Å². The molecule has 4 aromatic rings. The van der Waals surface area contributed by atoms with Gasteiger partial charge in [-0.05, 0) is 97.0 Å². The van der Waals surface area contributed by atoms with E-state index in [4.69, 9.17) is 4.74 Å². The standard InChI is InChI=1S/C35H38N2O4/c1-41-29-12-13-33-31(21-29)30(15-17-36-33)34(38)14-11-26-16-18-37(22-32(26)35(39)40)28-19-27(20-28)25-9-7-24(8-10-25)23-5-3-2-4-6-23/h2-10,12-13,15,17,21,26-28,32,34,38H,11,14,16,18-20,22H2,1H3,(H,39,40)/t26-,27?,28?,32+,34+/m1/s1. The van der Waals surface area contributed by atoms with Gasteiger partial charge >= 0.3 is 5.97 Å². The number of methoxy groups -OCH3 is 1. The lowest BCUT2D eigenvalue weighted by Crippen LogP contribution is -2.52. The van der Waals surface area contributed by atoms with E-state index in [-0.39, 0.29) is 5.92 Å². The molecular formula is C35H38N2O4. The zero-order chi connectivity index (χ0) is 28.3. The summed E-state index contributed by atoms with van der Waals surface area (Å²) in [6, 6.07) is 27.3. The van der Waals surface area contributed by atoms with Crippen molar-refractivity contribution in [1.82, 2.24) is 9.88 Å². The number of aliphatic hydroxyl groups excluding tert-OH is 1. The van der Waals surface area contributed by atoms with E-state index in [2.05, 4.69) is 58.4 Å². The minimum Gasteiger partial charge on any atom is -0.497 e. The Morgan fingerprint density at radius 1 is 1.02 bits per heavy atom. The Balaban J connectivity index is 1.04. The number of hydrogen-bond acceptors (Lipinski definition) is 5. The molecule has 212 valence electrons. The molecule has 3 aromatic carbocycles. The Bertz CT molecular complexity index is 1480. The number of aliphatic hydroxyl groups is 1. The van der Waals surface area contributed by atoms with Crippen LogP contribution in [0.3, 0.4) is 0 Å². The highest BCUT2D eigenvalue weighted by Crippen LogP contribution is 2.43. The Hall–Kier alpha value is -3.74. The van der Waals surface area contributed by atoms with Crippen molar-refractivity contribution in [3.05, 3.63) is 96.2 Å². The quantitative estimate of drug-likeness (QED) is 0.242. The molecule has 3 atom stereocenters. The smallest absolute Gasteiger partial charge is 0.308 e. The third-order valence-electron chi connectivity index (χ3n) is 9.38. The number of likely N-dealkylation sites (tertiary alicyclic amines) is 1. The van der Waals surface area contributed by atoms with Gasteiger partial charge in [-0.2, -0.15) is 0 Å². The molecule has 1 saturated heterocycles. The second kappa shape index (κ2) is 12.0. The summed E-state index contributed by atoms with van der Waals surface area (Å²) < 4.78 is 5.37. The number of carboxylic acid groups (broad SMARTS) is 1. The average molecular weight is 551 g/mol. The molecule has 6 nitrogen and oxygen atoms in total. The number of benzene rings is 3. The first-order valence-corrected chi connectivity index (χ1v) is 14.7. The molecule has 0 unspecified atom stereocenters. The van der Waals surface area contributed by atoms with Crippen LogP contribution in [-0.4, -0.2) is 52.3 Å². The lowest BCUT2D eigenvalue weighted by molar-refractivity contribution is -0.147. The minimum atomic E-state index is -0.722. The van der Waals surface area contributed by atoms with E-state index in [9.17, 15) is 15.0 Å². The number of hydrogen-bond donors (Lipinski definition) is 2. The molecule has 0 spiro atoms. The van der Waals surface area contributed by atoms with Crippen molar-refractivity contribution in [2.75, 3.05) is 20.2 Å². The minimum absolute atomic E-state index is 0.0578. The number of nitrogens with zero attached hydrogens (tertiary/aromatic N) is 2. The van der Waals surface area contributed by atoms with E-state index >= 15 is 0 Å². The molecule has 6 rings (SSSR count). The fraction of sp³-hybridized carbons (Fsp3) is 0.371. The molecule has 41 heavy (non-hydrogen) atoms. The van der Waals surface area contributed by atoms with Crippen molar-refractivity contribution in [2.24, 2.45) is 11.8 Å². The van der Waals surface area contributed by atoms with Crippen LogP contribution in [0.2, 0.25) is 0 Å². The van der Waals surface area contributed by atoms with Crippen LogP contribution in [0.1, 0.15) is 55.3 Å². The highest BCUT2D eigenvalue weighted by Gasteiger charge is 2.41. The molecule has 0 bridgehead atoms. The number of ether oxygens (including phenoxy) is 1. The van der Waals surface area contributed by atoms with E-state index in [1.54, 1.807) is 13.3 Å². The number of rotatable bonds is 9. The average Bonchev–Trinajstić information content (AvgIpc) is 2.99. The van der Waals surface area contributed by atoms with Gasteiger partial charge in [0.25, 0.3) is 0 Å². The van der Waals surface area contributed by atoms with Crippen molar-refractivity contribution < 1.29 is 19.7 Å². The summed E-state index contributed by atoms with van der Waals surface area (Å²) in [6.45, 7) is 1.51. The summed E-state index contributed by atoms with van der Waals surface area (Å²) in [5.41, 5.74) is 5.47. The number of piperidine rings is 1. The molecule has 1 aliphatic carbocycles. The third kappa shape index (κ3) is 5.85. The molecule has 2 fully saturated rings. The summed E-state index contributed by atoms with van der Waals surface area (Å²) in [5.74, 6) is 0.187. The van der Waals surface area contributed by atoms with Crippen LogP contribution in [0, 0.1) is 11.8 Å². The van der Waals surface area contributed by atoms with Gasteiger partial charge in [-0.15, -0.1) is 0 Å². The highest BCUT2D eigenvalue weighted by atomic mass is 16.5. The Labute approximate surface area is 241 Å². The normalized spacial score (nSPS) is 23.6. The van der Waals surface area contributed by atoms with Crippen LogP contribution in [-0.2, 0) is 4.79 Å². The van der Waals surface area contributed by atoms with Crippen molar-refractivity contribution in [2.45, 2.75) is 50.2 Å². The summed E-state index contributed by atoms with van der Waals surface area (Å²) in [6.07, 6.45) is 5.26. The molecule has 0 radical (unpaired) electrons. The number of aromatic nitrogens is 1. The van der Waals surface area contributed by atoms with Crippen molar-refractivity contribution >= 4 is 16.9 Å².